The number of nitrogens with two attached hydrogens (primary N) is 1. The largest absolute Gasteiger partial charge is 0.480 e. The lowest BCUT2D eigenvalue weighted by Crippen LogP contribution is -2.39. The summed E-state index contributed by atoms with van der Waals surface area (Å²) in [6.45, 7) is 2.17. The van der Waals surface area contributed by atoms with Gasteiger partial charge in [0.2, 0.25) is 5.91 Å². The molecule has 1 fully saturated rings. The number of rotatable bonds is 4. The zero-order valence-electron chi connectivity index (χ0n) is 11.2. The molecule has 1 aliphatic heterocycles. The number of carboxylic acid groups (broad SMARTS) is 1. The maximum Gasteiger partial charge on any atom is 0.323 e. The van der Waals surface area contributed by atoms with Gasteiger partial charge in [0.05, 0.1) is 5.41 Å². The summed E-state index contributed by atoms with van der Waals surface area (Å²) in [5.74, 6) is -1.71. The Morgan fingerprint density at radius 1 is 1.45 bits per heavy atom. The summed E-state index contributed by atoms with van der Waals surface area (Å²) in [4.78, 5) is 36.1. The quantitative estimate of drug-likeness (QED) is 0.803. The van der Waals surface area contributed by atoms with Crippen LogP contribution in [0.15, 0.2) is 18.3 Å². The molecule has 1 aromatic rings. The first kappa shape index (κ1) is 14.1. The summed E-state index contributed by atoms with van der Waals surface area (Å²) in [5, 5.41) is 8.81. The Hall–Kier alpha value is -2.31. The Labute approximate surface area is 116 Å². The predicted octanol–water partition coefficient (Wildman–Crippen LogP) is -0.0898. The summed E-state index contributed by atoms with van der Waals surface area (Å²) in [7, 11) is 0. The Kier molecular flexibility index (Phi) is 3.52. The molecule has 0 aromatic carbocycles. The van der Waals surface area contributed by atoms with Gasteiger partial charge in [-0.05, 0) is 25.5 Å². The van der Waals surface area contributed by atoms with Crippen LogP contribution in [0.1, 0.15) is 23.8 Å². The molecule has 2 rings (SSSR count). The van der Waals surface area contributed by atoms with Crippen LogP contribution in [0.5, 0.6) is 0 Å². The smallest absolute Gasteiger partial charge is 0.323 e. The van der Waals surface area contributed by atoms with Gasteiger partial charge in [0, 0.05) is 19.3 Å². The van der Waals surface area contributed by atoms with Crippen LogP contribution in [0.25, 0.3) is 0 Å². The average molecular weight is 279 g/mol. The Morgan fingerprint density at radius 3 is 2.70 bits per heavy atom. The van der Waals surface area contributed by atoms with Gasteiger partial charge in [-0.2, -0.15) is 0 Å². The Morgan fingerprint density at radius 2 is 2.15 bits per heavy atom. The molecule has 20 heavy (non-hydrogen) atoms. The average Bonchev–Trinajstić information content (AvgIpc) is 2.95. The second-order valence-electron chi connectivity index (χ2n) is 5.32. The van der Waals surface area contributed by atoms with Crippen LogP contribution >= 0.6 is 0 Å². The van der Waals surface area contributed by atoms with Crippen molar-refractivity contribution in [2.24, 2.45) is 11.1 Å². The minimum atomic E-state index is -1.02. The highest BCUT2D eigenvalue weighted by atomic mass is 16.4. The van der Waals surface area contributed by atoms with Crippen molar-refractivity contribution in [3.63, 3.8) is 0 Å². The van der Waals surface area contributed by atoms with Gasteiger partial charge in [-0.15, -0.1) is 0 Å². The normalized spacial score (nSPS) is 21.9. The van der Waals surface area contributed by atoms with Crippen molar-refractivity contribution in [2.45, 2.75) is 19.9 Å². The van der Waals surface area contributed by atoms with Gasteiger partial charge in [0.25, 0.3) is 5.91 Å². The lowest BCUT2D eigenvalue weighted by molar-refractivity contribution is -0.137. The number of likely N-dealkylation sites (tertiary alicyclic amines) is 1. The third-order valence-corrected chi connectivity index (χ3v) is 3.71. The van der Waals surface area contributed by atoms with Gasteiger partial charge in [-0.1, -0.05) is 0 Å². The molecule has 0 radical (unpaired) electrons. The number of hydrogen-bond acceptors (Lipinski definition) is 3. The van der Waals surface area contributed by atoms with Crippen molar-refractivity contribution < 1.29 is 19.5 Å². The molecule has 7 heteroatoms. The topological polar surface area (TPSA) is 106 Å². The maximum atomic E-state index is 12.4. The summed E-state index contributed by atoms with van der Waals surface area (Å²) >= 11 is 0. The van der Waals surface area contributed by atoms with Crippen LogP contribution in [0, 0.1) is 5.41 Å². The first-order valence-electron chi connectivity index (χ1n) is 6.29. The second-order valence-corrected chi connectivity index (χ2v) is 5.32. The van der Waals surface area contributed by atoms with Gasteiger partial charge in [0.1, 0.15) is 12.2 Å². The number of carboxylic acids is 1. The molecule has 0 bridgehead atoms. The van der Waals surface area contributed by atoms with Crippen molar-refractivity contribution in [1.82, 2.24) is 9.47 Å². The van der Waals surface area contributed by atoms with E-state index in [1.54, 1.807) is 30.2 Å². The molecular formula is C13H17N3O4. The van der Waals surface area contributed by atoms with Crippen LogP contribution in [0.3, 0.4) is 0 Å². The van der Waals surface area contributed by atoms with Gasteiger partial charge in [-0.3, -0.25) is 14.4 Å². The lowest BCUT2D eigenvalue weighted by atomic mass is 9.89. The SMILES string of the molecule is CC1(C(N)=O)CCN(C(=O)c2cccn2CC(=O)O)C1. The summed E-state index contributed by atoms with van der Waals surface area (Å²) in [5.41, 5.74) is 4.95. The summed E-state index contributed by atoms with van der Waals surface area (Å²) in [6, 6.07) is 3.20. The fourth-order valence-corrected chi connectivity index (χ4v) is 2.39. The lowest BCUT2D eigenvalue weighted by Gasteiger charge is -2.21. The minimum absolute atomic E-state index is 0.263. The predicted molar refractivity (Wildman–Crippen MR) is 69.9 cm³/mol. The summed E-state index contributed by atoms with van der Waals surface area (Å²) < 4.78 is 1.38. The van der Waals surface area contributed by atoms with E-state index in [1.165, 1.54) is 4.57 Å². The number of primary amides is 1. The second kappa shape index (κ2) is 4.99. The molecular weight excluding hydrogens is 262 g/mol. The first-order valence-corrected chi connectivity index (χ1v) is 6.29. The molecule has 2 heterocycles. The van der Waals surface area contributed by atoms with Crippen molar-refractivity contribution in [3.8, 4) is 0 Å². The van der Waals surface area contributed by atoms with Gasteiger partial charge in [0.15, 0.2) is 0 Å². The Bertz CT molecular complexity index is 566. The molecule has 2 amide bonds. The third-order valence-electron chi connectivity index (χ3n) is 3.71. The van der Waals surface area contributed by atoms with Crippen LogP contribution in [0.2, 0.25) is 0 Å². The van der Waals surface area contributed by atoms with Crippen molar-refractivity contribution in [3.05, 3.63) is 24.0 Å². The van der Waals surface area contributed by atoms with Gasteiger partial charge >= 0.3 is 5.97 Å². The highest BCUT2D eigenvalue weighted by Gasteiger charge is 2.41. The van der Waals surface area contributed by atoms with Crippen LogP contribution < -0.4 is 5.73 Å². The Balaban J connectivity index is 2.15. The molecule has 1 aliphatic rings. The van der Waals surface area contributed by atoms with E-state index in [-0.39, 0.29) is 19.0 Å². The fourth-order valence-electron chi connectivity index (χ4n) is 2.39. The van der Waals surface area contributed by atoms with Gasteiger partial charge < -0.3 is 20.3 Å². The van der Waals surface area contributed by atoms with Crippen LogP contribution in [0.4, 0.5) is 0 Å². The van der Waals surface area contributed by atoms with Crippen molar-refractivity contribution >= 4 is 17.8 Å². The molecule has 1 saturated heterocycles. The van der Waals surface area contributed by atoms with E-state index in [0.29, 0.717) is 18.7 Å². The highest BCUT2D eigenvalue weighted by molar-refractivity contribution is 5.94. The zero-order valence-corrected chi connectivity index (χ0v) is 11.2. The van der Waals surface area contributed by atoms with Gasteiger partial charge in [-0.25, -0.2) is 0 Å². The number of carbonyl (C=O) groups excluding carboxylic acids is 2. The fraction of sp³-hybridized carbons (Fsp3) is 0.462. The maximum absolute atomic E-state index is 12.4. The molecule has 1 unspecified atom stereocenters. The van der Waals surface area contributed by atoms with Crippen LogP contribution in [-0.4, -0.2) is 45.4 Å². The molecule has 108 valence electrons. The standard InChI is InChI=1S/C13H17N3O4/c1-13(12(14)20)4-6-16(8-13)11(19)9-3-2-5-15(9)7-10(17)18/h2-3,5H,4,6-8H2,1H3,(H2,14,20)(H,17,18). The number of nitrogens with zero attached hydrogens (tertiary/aromatic N) is 2. The number of amides is 2. The first-order chi connectivity index (χ1) is 9.33. The molecule has 0 saturated carbocycles. The van der Waals surface area contributed by atoms with Crippen LogP contribution in [-0.2, 0) is 16.1 Å². The van der Waals surface area contributed by atoms with E-state index >= 15 is 0 Å². The van der Waals surface area contributed by atoms with E-state index in [2.05, 4.69) is 0 Å². The van der Waals surface area contributed by atoms with E-state index in [4.69, 9.17) is 10.8 Å². The molecule has 0 aliphatic carbocycles. The third kappa shape index (κ3) is 2.52. The van der Waals surface area contributed by atoms with E-state index < -0.39 is 17.3 Å². The molecule has 7 nitrogen and oxygen atoms in total. The summed E-state index contributed by atoms with van der Waals surface area (Å²) in [6.07, 6.45) is 2.07. The van der Waals surface area contributed by atoms with Crippen molar-refractivity contribution in [1.29, 1.82) is 0 Å². The zero-order chi connectivity index (χ0) is 14.9. The molecule has 0 spiro atoms. The van der Waals surface area contributed by atoms with Crippen molar-refractivity contribution in [2.75, 3.05) is 13.1 Å². The number of hydrogen-bond donors (Lipinski definition) is 2. The molecule has 1 atom stereocenters. The monoisotopic (exact) mass is 279 g/mol. The number of aliphatic carboxylic acids is 1. The van der Waals surface area contributed by atoms with E-state index in [1.807, 2.05) is 0 Å². The number of aromatic nitrogens is 1. The van der Waals surface area contributed by atoms with E-state index in [9.17, 15) is 14.4 Å². The molecule has 3 N–H and O–H groups in total. The highest BCUT2D eigenvalue weighted by Crippen LogP contribution is 2.30. The van der Waals surface area contributed by atoms with E-state index in [0.717, 1.165) is 0 Å². The minimum Gasteiger partial charge on any atom is -0.480 e. The molecule has 1 aromatic heterocycles. The number of carbonyl (C=O) groups is 3.